The van der Waals surface area contributed by atoms with Gasteiger partial charge in [0.05, 0.1) is 0 Å². The predicted octanol–water partition coefficient (Wildman–Crippen LogP) is 2.04. The Morgan fingerprint density at radius 2 is 2.12 bits per heavy atom. The van der Waals surface area contributed by atoms with Gasteiger partial charge in [0.1, 0.15) is 0 Å². The topological polar surface area (TPSA) is 40.5 Å². The van der Waals surface area contributed by atoms with E-state index in [-0.39, 0.29) is 17.9 Å². The Morgan fingerprint density at radius 3 is 2.71 bits per heavy atom. The molecule has 2 unspecified atom stereocenters. The maximum absolute atomic E-state index is 12.5. The van der Waals surface area contributed by atoms with Crippen molar-refractivity contribution in [1.29, 1.82) is 0 Å². The quantitative estimate of drug-likeness (QED) is 0.801. The van der Waals surface area contributed by atoms with E-state index in [2.05, 4.69) is 13.8 Å². The van der Waals surface area contributed by atoms with Crippen molar-refractivity contribution in [3.8, 4) is 0 Å². The number of rotatable bonds is 2. The van der Waals surface area contributed by atoms with Gasteiger partial charge in [-0.3, -0.25) is 4.79 Å². The molecule has 1 aliphatic heterocycles. The van der Waals surface area contributed by atoms with E-state index in [1.165, 1.54) is 19.3 Å². The molecule has 1 heterocycles. The molecule has 1 amide bonds. The zero-order valence-corrected chi connectivity index (χ0v) is 11.1. The maximum Gasteiger partial charge on any atom is 0.226 e. The number of hydrogen-bond acceptors (Lipinski definition) is 2. The van der Waals surface area contributed by atoms with E-state index >= 15 is 0 Å². The summed E-state index contributed by atoms with van der Waals surface area (Å²) in [6, 6.07) is 0. The van der Waals surface area contributed by atoms with Gasteiger partial charge in [-0.25, -0.2) is 0 Å². The van der Waals surface area contributed by atoms with Crippen LogP contribution in [-0.4, -0.2) is 35.6 Å². The molecule has 0 aromatic heterocycles. The molecule has 0 aromatic rings. The Labute approximate surface area is 104 Å². The molecule has 17 heavy (non-hydrogen) atoms. The number of aliphatic hydroxyl groups excluding tert-OH is 1. The highest BCUT2D eigenvalue weighted by atomic mass is 16.3. The van der Waals surface area contributed by atoms with E-state index in [1.54, 1.807) is 0 Å². The van der Waals surface area contributed by atoms with Gasteiger partial charge in [-0.1, -0.05) is 26.7 Å². The van der Waals surface area contributed by atoms with Crippen molar-refractivity contribution in [2.75, 3.05) is 19.7 Å². The summed E-state index contributed by atoms with van der Waals surface area (Å²) in [5, 5.41) is 9.14. The highest BCUT2D eigenvalue weighted by molar-refractivity contribution is 5.80. The second-order valence-electron chi connectivity index (χ2n) is 6.41. The number of aliphatic hydroxyl groups is 1. The summed E-state index contributed by atoms with van der Waals surface area (Å²) in [6.07, 6.45) is 5.63. The molecule has 0 bridgehead atoms. The predicted molar refractivity (Wildman–Crippen MR) is 67.5 cm³/mol. The van der Waals surface area contributed by atoms with Crippen LogP contribution >= 0.6 is 0 Å². The lowest BCUT2D eigenvalue weighted by Crippen LogP contribution is -2.42. The van der Waals surface area contributed by atoms with E-state index in [9.17, 15) is 4.79 Å². The number of likely N-dealkylation sites (tertiary alicyclic amines) is 1. The lowest BCUT2D eigenvalue weighted by Gasteiger charge is -2.39. The van der Waals surface area contributed by atoms with Crippen molar-refractivity contribution >= 4 is 5.91 Å². The molecular weight excluding hydrogens is 214 g/mol. The average Bonchev–Trinajstić information content (AvgIpc) is 2.76. The van der Waals surface area contributed by atoms with Gasteiger partial charge < -0.3 is 10.0 Å². The number of carbonyl (C=O) groups excluding carboxylic acids is 1. The molecular formula is C14H25NO2. The first-order chi connectivity index (χ1) is 8.04. The van der Waals surface area contributed by atoms with Gasteiger partial charge in [0.15, 0.2) is 0 Å². The second-order valence-corrected chi connectivity index (χ2v) is 6.41. The van der Waals surface area contributed by atoms with Crippen molar-refractivity contribution in [3.63, 3.8) is 0 Å². The summed E-state index contributed by atoms with van der Waals surface area (Å²) < 4.78 is 0. The molecule has 0 spiro atoms. The molecule has 2 aliphatic rings. The molecule has 98 valence electrons. The van der Waals surface area contributed by atoms with E-state index in [0.717, 1.165) is 25.9 Å². The highest BCUT2D eigenvalue weighted by Gasteiger charge is 2.40. The van der Waals surface area contributed by atoms with Crippen LogP contribution in [0, 0.1) is 17.3 Å². The molecule has 3 nitrogen and oxygen atoms in total. The minimum atomic E-state index is 0.159. The Hall–Kier alpha value is -0.570. The first kappa shape index (κ1) is 12.9. The standard InChI is InChI=1S/C14H25NO2/c1-14(2)7-4-3-5-12(14)13(17)15-8-6-11(9-15)10-16/h11-12,16H,3-10H2,1-2H3. The van der Waals surface area contributed by atoms with Crippen molar-refractivity contribution < 1.29 is 9.90 Å². The van der Waals surface area contributed by atoms with Gasteiger partial charge in [-0.05, 0) is 24.7 Å². The molecule has 2 fully saturated rings. The normalized spacial score (nSPS) is 32.8. The van der Waals surface area contributed by atoms with Crippen LogP contribution in [0.5, 0.6) is 0 Å². The Morgan fingerprint density at radius 1 is 1.35 bits per heavy atom. The number of carbonyl (C=O) groups is 1. The zero-order chi connectivity index (χ0) is 12.5. The monoisotopic (exact) mass is 239 g/mol. The van der Waals surface area contributed by atoms with Crippen LogP contribution in [0.1, 0.15) is 46.0 Å². The number of nitrogens with zero attached hydrogens (tertiary/aromatic N) is 1. The van der Waals surface area contributed by atoms with E-state index in [4.69, 9.17) is 5.11 Å². The van der Waals surface area contributed by atoms with Gasteiger partial charge >= 0.3 is 0 Å². The van der Waals surface area contributed by atoms with Crippen LogP contribution in [0.3, 0.4) is 0 Å². The van der Waals surface area contributed by atoms with E-state index in [1.807, 2.05) is 4.90 Å². The van der Waals surface area contributed by atoms with Crippen LogP contribution in [0.2, 0.25) is 0 Å². The molecule has 2 atom stereocenters. The summed E-state index contributed by atoms with van der Waals surface area (Å²) >= 11 is 0. The summed E-state index contributed by atoms with van der Waals surface area (Å²) in [6.45, 7) is 6.29. The third-order valence-corrected chi connectivity index (χ3v) is 4.66. The fourth-order valence-electron chi connectivity index (χ4n) is 3.35. The van der Waals surface area contributed by atoms with Crippen molar-refractivity contribution in [3.05, 3.63) is 0 Å². The summed E-state index contributed by atoms with van der Waals surface area (Å²) in [4.78, 5) is 14.5. The van der Waals surface area contributed by atoms with Gasteiger partial charge in [0, 0.05) is 31.5 Å². The Kier molecular flexibility index (Phi) is 3.76. The van der Waals surface area contributed by atoms with Gasteiger partial charge in [-0.2, -0.15) is 0 Å². The van der Waals surface area contributed by atoms with Gasteiger partial charge in [0.2, 0.25) is 5.91 Å². The SMILES string of the molecule is CC1(C)CCCCC1C(=O)N1CCC(CO)C1. The van der Waals surface area contributed by atoms with Crippen LogP contribution < -0.4 is 0 Å². The molecule has 0 radical (unpaired) electrons. The number of hydrogen-bond donors (Lipinski definition) is 1. The van der Waals surface area contributed by atoms with E-state index < -0.39 is 0 Å². The first-order valence-corrected chi connectivity index (χ1v) is 6.94. The van der Waals surface area contributed by atoms with Crippen molar-refractivity contribution in [2.24, 2.45) is 17.3 Å². The van der Waals surface area contributed by atoms with Crippen LogP contribution in [0.4, 0.5) is 0 Å². The van der Waals surface area contributed by atoms with Crippen LogP contribution in [0.25, 0.3) is 0 Å². The first-order valence-electron chi connectivity index (χ1n) is 6.94. The maximum atomic E-state index is 12.5. The minimum Gasteiger partial charge on any atom is -0.396 e. The molecule has 1 saturated heterocycles. The minimum absolute atomic E-state index is 0.159. The zero-order valence-electron chi connectivity index (χ0n) is 11.1. The van der Waals surface area contributed by atoms with Gasteiger partial charge in [0.25, 0.3) is 0 Å². The van der Waals surface area contributed by atoms with Crippen molar-refractivity contribution in [1.82, 2.24) is 4.90 Å². The summed E-state index contributed by atoms with van der Waals surface area (Å²) in [7, 11) is 0. The molecule has 1 saturated carbocycles. The average molecular weight is 239 g/mol. The molecule has 3 heteroatoms. The lowest BCUT2D eigenvalue weighted by molar-refractivity contribution is -0.140. The Balaban J connectivity index is 1.99. The second kappa shape index (κ2) is 4.97. The van der Waals surface area contributed by atoms with E-state index in [0.29, 0.717) is 11.8 Å². The largest absolute Gasteiger partial charge is 0.396 e. The molecule has 2 rings (SSSR count). The van der Waals surface area contributed by atoms with Gasteiger partial charge in [-0.15, -0.1) is 0 Å². The van der Waals surface area contributed by atoms with Crippen molar-refractivity contribution in [2.45, 2.75) is 46.0 Å². The van der Waals surface area contributed by atoms with Crippen LogP contribution in [0.15, 0.2) is 0 Å². The molecule has 1 N–H and O–H groups in total. The lowest BCUT2D eigenvalue weighted by atomic mass is 9.68. The molecule has 1 aliphatic carbocycles. The number of amides is 1. The summed E-state index contributed by atoms with van der Waals surface area (Å²) in [5.74, 6) is 0.852. The fourth-order valence-corrected chi connectivity index (χ4v) is 3.35. The summed E-state index contributed by atoms with van der Waals surface area (Å²) in [5.41, 5.74) is 0.159. The third-order valence-electron chi connectivity index (χ3n) is 4.66. The Bertz CT molecular complexity index is 288. The third kappa shape index (κ3) is 2.65. The highest BCUT2D eigenvalue weighted by Crippen LogP contribution is 2.41. The molecule has 0 aromatic carbocycles. The fraction of sp³-hybridized carbons (Fsp3) is 0.929. The smallest absolute Gasteiger partial charge is 0.226 e. The van der Waals surface area contributed by atoms with Crippen LogP contribution in [-0.2, 0) is 4.79 Å².